The first kappa shape index (κ1) is 17.4. The van der Waals surface area contributed by atoms with Gasteiger partial charge in [-0.2, -0.15) is 0 Å². The van der Waals surface area contributed by atoms with Crippen LogP contribution >= 0.6 is 11.8 Å². The SMILES string of the molecule is CN1C(=O)Cc2cc(C(=O)CSc3nnnn3Cc3ccccc3)ccc21. The Morgan fingerprint density at radius 1 is 1.19 bits per heavy atom. The van der Waals surface area contributed by atoms with Crippen LogP contribution in [0.15, 0.2) is 53.7 Å². The van der Waals surface area contributed by atoms with Crippen LogP contribution in [0.4, 0.5) is 5.69 Å². The number of fused-ring (bicyclic) bond motifs is 1. The third-order valence-electron chi connectivity index (χ3n) is 4.49. The van der Waals surface area contributed by atoms with Gasteiger partial charge in [0.25, 0.3) is 0 Å². The number of likely N-dealkylation sites (N-methyl/N-ethyl adjacent to an activating group) is 1. The Morgan fingerprint density at radius 2 is 2.00 bits per heavy atom. The van der Waals surface area contributed by atoms with Crippen LogP contribution in [0.25, 0.3) is 0 Å². The summed E-state index contributed by atoms with van der Waals surface area (Å²) in [6.45, 7) is 0.553. The molecule has 1 aromatic heterocycles. The van der Waals surface area contributed by atoms with E-state index in [1.807, 2.05) is 42.5 Å². The minimum atomic E-state index is -0.0148. The lowest BCUT2D eigenvalue weighted by atomic mass is 10.1. The molecule has 1 aliphatic heterocycles. The molecule has 2 aromatic carbocycles. The summed E-state index contributed by atoms with van der Waals surface area (Å²) in [6, 6.07) is 15.3. The first-order chi connectivity index (χ1) is 13.1. The van der Waals surface area contributed by atoms with Gasteiger partial charge in [0.2, 0.25) is 11.1 Å². The fourth-order valence-electron chi connectivity index (χ4n) is 3.01. The van der Waals surface area contributed by atoms with Crippen LogP contribution in [-0.2, 0) is 17.8 Å². The van der Waals surface area contributed by atoms with E-state index in [4.69, 9.17) is 0 Å². The van der Waals surface area contributed by atoms with E-state index >= 15 is 0 Å². The highest BCUT2D eigenvalue weighted by atomic mass is 32.2. The molecule has 0 radical (unpaired) electrons. The number of thioether (sulfide) groups is 1. The average Bonchev–Trinajstić information content (AvgIpc) is 3.24. The number of ketones is 1. The largest absolute Gasteiger partial charge is 0.315 e. The molecule has 8 heteroatoms. The van der Waals surface area contributed by atoms with Crippen LogP contribution < -0.4 is 4.90 Å². The molecule has 1 amide bonds. The summed E-state index contributed by atoms with van der Waals surface area (Å²) in [6.07, 6.45) is 0.343. The van der Waals surface area contributed by atoms with Crippen molar-refractivity contribution in [1.29, 1.82) is 0 Å². The second-order valence-electron chi connectivity index (χ2n) is 6.29. The van der Waals surface area contributed by atoms with Crippen molar-refractivity contribution in [2.24, 2.45) is 0 Å². The predicted octanol–water partition coefficient (Wildman–Crippen LogP) is 2.22. The van der Waals surface area contributed by atoms with Crippen molar-refractivity contribution in [1.82, 2.24) is 20.2 Å². The molecule has 7 nitrogen and oxygen atoms in total. The van der Waals surface area contributed by atoms with E-state index < -0.39 is 0 Å². The normalized spacial score (nSPS) is 13.1. The third kappa shape index (κ3) is 3.61. The summed E-state index contributed by atoms with van der Waals surface area (Å²) in [5.74, 6) is 0.265. The van der Waals surface area contributed by atoms with Gasteiger partial charge in [-0.25, -0.2) is 4.68 Å². The summed E-state index contributed by atoms with van der Waals surface area (Å²) in [4.78, 5) is 26.0. The number of carbonyl (C=O) groups is 2. The van der Waals surface area contributed by atoms with Gasteiger partial charge in [0, 0.05) is 18.3 Å². The second-order valence-corrected chi connectivity index (χ2v) is 7.23. The van der Waals surface area contributed by atoms with Gasteiger partial charge in [0.1, 0.15) is 0 Å². The highest BCUT2D eigenvalue weighted by Crippen LogP contribution is 2.29. The molecular formula is C19H17N5O2S. The molecule has 0 saturated heterocycles. The number of tetrazole rings is 1. The number of amides is 1. The van der Waals surface area contributed by atoms with E-state index in [0.29, 0.717) is 23.7 Å². The molecule has 27 heavy (non-hydrogen) atoms. The van der Waals surface area contributed by atoms with Crippen LogP contribution in [-0.4, -0.2) is 44.7 Å². The maximum absolute atomic E-state index is 12.6. The van der Waals surface area contributed by atoms with Crippen LogP contribution in [0.3, 0.4) is 0 Å². The number of anilines is 1. The first-order valence-electron chi connectivity index (χ1n) is 8.47. The fourth-order valence-corrected chi connectivity index (χ4v) is 3.78. The van der Waals surface area contributed by atoms with Crippen molar-refractivity contribution in [3.8, 4) is 0 Å². The molecule has 0 fully saturated rings. The summed E-state index contributed by atoms with van der Waals surface area (Å²) in [7, 11) is 1.75. The van der Waals surface area contributed by atoms with E-state index in [9.17, 15) is 9.59 Å². The number of rotatable bonds is 6. The number of benzene rings is 2. The molecule has 0 aliphatic carbocycles. The third-order valence-corrected chi connectivity index (χ3v) is 5.44. The Hall–Kier alpha value is -3.00. The van der Waals surface area contributed by atoms with Gasteiger partial charge in [0.15, 0.2) is 5.78 Å². The lowest BCUT2D eigenvalue weighted by Gasteiger charge is -2.10. The van der Waals surface area contributed by atoms with E-state index in [1.54, 1.807) is 22.7 Å². The zero-order valence-electron chi connectivity index (χ0n) is 14.7. The van der Waals surface area contributed by atoms with Gasteiger partial charge in [-0.3, -0.25) is 9.59 Å². The lowest BCUT2D eigenvalue weighted by molar-refractivity contribution is -0.117. The number of aromatic nitrogens is 4. The number of Topliss-reactive ketones (excluding diaryl/α,β-unsaturated/α-hetero) is 1. The second kappa shape index (κ2) is 7.32. The van der Waals surface area contributed by atoms with Crippen LogP contribution in [0.2, 0.25) is 0 Å². The van der Waals surface area contributed by atoms with Gasteiger partial charge < -0.3 is 4.90 Å². The van der Waals surface area contributed by atoms with Gasteiger partial charge in [0.05, 0.1) is 18.7 Å². The van der Waals surface area contributed by atoms with Gasteiger partial charge in [-0.15, -0.1) is 5.10 Å². The standard InChI is InChI=1S/C19H17N5O2S/c1-23-16-8-7-14(9-15(16)10-18(23)26)17(25)12-27-19-20-21-22-24(19)11-13-5-3-2-4-6-13/h2-9H,10-12H2,1H3. The van der Waals surface area contributed by atoms with Gasteiger partial charge in [-0.05, 0) is 39.8 Å². The molecule has 0 spiro atoms. The van der Waals surface area contributed by atoms with E-state index in [1.165, 1.54) is 11.8 Å². The molecule has 4 rings (SSSR count). The minimum Gasteiger partial charge on any atom is -0.315 e. The summed E-state index contributed by atoms with van der Waals surface area (Å²) in [5, 5.41) is 12.3. The topological polar surface area (TPSA) is 81.0 Å². The highest BCUT2D eigenvalue weighted by Gasteiger charge is 2.24. The lowest BCUT2D eigenvalue weighted by Crippen LogP contribution is -2.20. The molecule has 1 aliphatic rings. The molecule has 0 unspecified atom stereocenters. The van der Waals surface area contributed by atoms with Crippen molar-refractivity contribution in [2.75, 3.05) is 17.7 Å². The molecule has 0 atom stereocenters. The molecule has 0 bridgehead atoms. The molecule has 136 valence electrons. The van der Waals surface area contributed by atoms with E-state index in [2.05, 4.69) is 15.5 Å². The molecule has 3 aromatic rings. The van der Waals surface area contributed by atoms with Crippen molar-refractivity contribution in [3.63, 3.8) is 0 Å². The molecule has 0 N–H and O–H groups in total. The van der Waals surface area contributed by atoms with Gasteiger partial charge in [-0.1, -0.05) is 42.1 Å². The Bertz CT molecular complexity index is 1000. The average molecular weight is 379 g/mol. The van der Waals surface area contributed by atoms with Crippen LogP contribution in [0.1, 0.15) is 21.5 Å². The molecule has 0 saturated carbocycles. The summed E-state index contributed by atoms with van der Waals surface area (Å²) in [5.41, 5.74) is 3.46. The first-order valence-corrected chi connectivity index (χ1v) is 9.46. The number of hydrogen-bond donors (Lipinski definition) is 0. The van der Waals surface area contributed by atoms with Crippen molar-refractivity contribution in [2.45, 2.75) is 18.1 Å². The Labute approximate surface area is 160 Å². The number of hydrogen-bond acceptors (Lipinski definition) is 6. The Morgan fingerprint density at radius 3 is 2.81 bits per heavy atom. The monoisotopic (exact) mass is 379 g/mol. The zero-order valence-corrected chi connectivity index (χ0v) is 15.5. The number of carbonyl (C=O) groups excluding carboxylic acids is 2. The summed E-state index contributed by atoms with van der Waals surface area (Å²) >= 11 is 1.31. The number of nitrogens with zero attached hydrogens (tertiary/aromatic N) is 5. The highest BCUT2D eigenvalue weighted by molar-refractivity contribution is 7.99. The molecule has 2 heterocycles. The summed E-state index contributed by atoms with van der Waals surface area (Å²) < 4.78 is 1.68. The smallest absolute Gasteiger partial charge is 0.231 e. The van der Waals surface area contributed by atoms with E-state index in [-0.39, 0.29) is 17.4 Å². The van der Waals surface area contributed by atoms with Crippen molar-refractivity contribution < 1.29 is 9.59 Å². The minimum absolute atomic E-state index is 0.0148. The quantitative estimate of drug-likeness (QED) is 0.483. The van der Waals surface area contributed by atoms with Gasteiger partial charge >= 0.3 is 0 Å². The Kier molecular flexibility index (Phi) is 4.72. The maximum Gasteiger partial charge on any atom is 0.231 e. The van der Waals surface area contributed by atoms with Crippen LogP contribution in [0.5, 0.6) is 0 Å². The maximum atomic E-state index is 12.6. The van der Waals surface area contributed by atoms with Crippen LogP contribution in [0, 0.1) is 0 Å². The molecular weight excluding hydrogens is 362 g/mol. The van der Waals surface area contributed by atoms with Crippen molar-refractivity contribution in [3.05, 3.63) is 65.2 Å². The van der Waals surface area contributed by atoms with Crippen molar-refractivity contribution >= 4 is 29.1 Å². The predicted molar refractivity (Wildman–Crippen MR) is 102 cm³/mol. The van der Waals surface area contributed by atoms with E-state index in [0.717, 1.165) is 16.8 Å². The zero-order chi connectivity index (χ0) is 18.8. The Balaban J connectivity index is 1.43. The fraction of sp³-hybridized carbons (Fsp3) is 0.211.